The maximum atomic E-state index is 6.43. The minimum Gasteiger partial charge on any atom is -0.420 e. The Labute approximate surface area is 208 Å². The molecule has 0 radical (unpaired) electrons. The lowest BCUT2D eigenvalue weighted by Crippen LogP contribution is -2.16. The van der Waals surface area contributed by atoms with Gasteiger partial charge in [0.25, 0.3) is 0 Å². The third kappa shape index (κ3) is 3.16. The zero-order valence-electron chi connectivity index (χ0n) is 18.3. The SMILES string of the molecule is Cc1nn(-c2cccc(Cl)c2)c2c1[C@@H](c1cccnc1)c1c(ncn3nc(-c4cccs4)nc13)O2. The van der Waals surface area contributed by atoms with Crippen LogP contribution in [0.4, 0.5) is 0 Å². The summed E-state index contributed by atoms with van der Waals surface area (Å²) in [7, 11) is 0. The van der Waals surface area contributed by atoms with Crippen molar-refractivity contribution in [1.82, 2.24) is 34.3 Å². The molecule has 0 bridgehead atoms. The number of pyridine rings is 1. The lowest BCUT2D eigenvalue weighted by atomic mass is 9.85. The Hall–Kier alpha value is -4.08. The van der Waals surface area contributed by atoms with E-state index in [9.17, 15) is 0 Å². The van der Waals surface area contributed by atoms with Gasteiger partial charge in [0.05, 0.1) is 33.3 Å². The van der Waals surface area contributed by atoms with Gasteiger partial charge in [-0.3, -0.25) is 4.98 Å². The normalized spacial score (nSPS) is 14.5. The van der Waals surface area contributed by atoms with Gasteiger partial charge in [0, 0.05) is 17.4 Å². The van der Waals surface area contributed by atoms with Gasteiger partial charge >= 0.3 is 0 Å². The molecule has 0 spiro atoms. The van der Waals surface area contributed by atoms with Crippen LogP contribution >= 0.6 is 22.9 Å². The first-order chi connectivity index (χ1) is 17.2. The average molecular weight is 498 g/mol. The molecule has 0 amide bonds. The summed E-state index contributed by atoms with van der Waals surface area (Å²) in [6, 6.07) is 15.5. The molecule has 1 aromatic carbocycles. The molecule has 0 saturated heterocycles. The van der Waals surface area contributed by atoms with Crippen molar-refractivity contribution in [2.45, 2.75) is 12.8 Å². The Bertz CT molecular complexity index is 1710. The predicted molar refractivity (Wildman–Crippen MR) is 133 cm³/mol. The van der Waals surface area contributed by atoms with Crippen LogP contribution in [-0.2, 0) is 0 Å². The lowest BCUT2D eigenvalue weighted by Gasteiger charge is -2.26. The molecule has 1 atom stereocenters. The van der Waals surface area contributed by atoms with Crippen LogP contribution in [0.3, 0.4) is 0 Å². The molecular weight excluding hydrogens is 482 g/mol. The maximum Gasteiger partial charge on any atom is 0.230 e. The molecule has 7 rings (SSSR count). The van der Waals surface area contributed by atoms with E-state index in [0.717, 1.165) is 32.9 Å². The van der Waals surface area contributed by atoms with Crippen molar-refractivity contribution in [2.24, 2.45) is 0 Å². The van der Waals surface area contributed by atoms with Crippen molar-refractivity contribution >= 4 is 28.6 Å². The van der Waals surface area contributed by atoms with Crippen LogP contribution in [0.5, 0.6) is 11.8 Å². The zero-order valence-corrected chi connectivity index (χ0v) is 19.9. The van der Waals surface area contributed by atoms with E-state index in [1.54, 1.807) is 33.1 Å². The van der Waals surface area contributed by atoms with Crippen LogP contribution in [0.1, 0.15) is 28.3 Å². The van der Waals surface area contributed by atoms with Crippen molar-refractivity contribution in [3.8, 4) is 28.1 Å². The van der Waals surface area contributed by atoms with Crippen LogP contribution in [0.15, 0.2) is 72.6 Å². The van der Waals surface area contributed by atoms with Crippen molar-refractivity contribution in [2.75, 3.05) is 0 Å². The molecule has 35 heavy (non-hydrogen) atoms. The number of hydrogen-bond acceptors (Lipinski definition) is 7. The second-order valence-corrected chi connectivity index (χ2v) is 9.55. The fraction of sp³-hybridized carbons (Fsp3) is 0.0800. The summed E-state index contributed by atoms with van der Waals surface area (Å²) in [6.07, 6.45) is 5.26. The van der Waals surface area contributed by atoms with Gasteiger partial charge < -0.3 is 4.74 Å². The standard InChI is InChI=1S/C25H16ClN7OS/c1-14-19-20(15-5-3-9-27-12-15)21-23-29-22(18-8-4-10-35-18)31-32(23)13-28-24(21)34-25(19)33(30-14)17-7-2-6-16(26)11-17/h2-13,20H,1H3/t20-/m1/s1. The highest BCUT2D eigenvalue weighted by molar-refractivity contribution is 7.13. The van der Waals surface area contributed by atoms with Crippen LogP contribution in [0, 0.1) is 6.92 Å². The number of benzene rings is 1. The predicted octanol–water partition coefficient (Wildman–Crippen LogP) is 5.68. The van der Waals surface area contributed by atoms with E-state index >= 15 is 0 Å². The van der Waals surface area contributed by atoms with E-state index in [4.69, 9.17) is 26.4 Å². The number of aromatic nitrogens is 7. The lowest BCUT2D eigenvalue weighted by molar-refractivity contribution is 0.402. The third-order valence-electron chi connectivity index (χ3n) is 6.03. The number of halogens is 1. The first-order valence-corrected chi connectivity index (χ1v) is 12.2. The molecule has 1 aliphatic heterocycles. The molecule has 0 aliphatic carbocycles. The molecule has 0 unspecified atom stereocenters. The topological polar surface area (TPSA) is 83.0 Å². The first kappa shape index (κ1) is 20.3. The Balaban J connectivity index is 1.50. The summed E-state index contributed by atoms with van der Waals surface area (Å²) in [6.45, 7) is 1.98. The van der Waals surface area contributed by atoms with E-state index < -0.39 is 0 Å². The summed E-state index contributed by atoms with van der Waals surface area (Å²) < 4.78 is 9.91. The van der Waals surface area contributed by atoms with Gasteiger partial charge in [-0.25, -0.2) is 19.2 Å². The summed E-state index contributed by atoms with van der Waals surface area (Å²) in [5.74, 6) is 1.47. The zero-order chi connectivity index (χ0) is 23.5. The number of hydrogen-bond donors (Lipinski definition) is 0. The third-order valence-corrected chi connectivity index (χ3v) is 7.13. The Morgan fingerprint density at radius 3 is 2.80 bits per heavy atom. The van der Waals surface area contributed by atoms with Gasteiger partial charge in [0.1, 0.15) is 6.33 Å². The minimum atomic E-state index is -0.244. The number of ether oxygens (including phenoxy) is 1. The number of thiophene rings is 1. The van der Waals surface area contributed by atoms with Crippen LogP contribution in [0.2, 0.25) is 5.02 Å². The molecule has 1 aliphatic rings. The Kier molecular flexibility index (Phi) is 4.48. The van der Waals surface area contributed by atoms with Crippen LogP contribution < -0.4 is 4.74 Å². The van der Waals surface area contributed by atoms with Gasteiger partial charge in [-0.15, -0.1) is 16.4 Å². The molecular formula is C25H16ClN7OS. The number of aryl methyl sites for hydroxylation is 1. The monoisotopic (exact) mass is 497 g/mol. The summed E-state index contributed by atoms with van der Waals surface area (Å²) in [5.41, 5.74) is 5.08. The van der Waals surface area contributed by atoms with Gasteiger partial charge in [-0.2, -0.15) is 5.10 Å². The molecule has 8 nitrogen and oxygen atoms in total. The van der Waals surface area contributed by atoms with Gasteiger partial charge in [0.15, 0.2) is 11.5 Å². The molecule has 5 aromatic heterocycles. The quantitative estimate of drug-likeness (QED) is 0.312. The molecule has 0 fully saturated rings. The molecule has 6 heterocycles. The highest BCUT2D eigenvalue weighted by atomic mass is 35.5. The van der Waals surface area contributed by atoms with Crippen LogP contribution in [0.25, 0.3) is 22.0 Å². The number of rotatable bonds is 3. The molecule has 170 valence electrons. The number of nitrogens with zero attached hydrogens (tertiary/aromatic N) is 7. The average Bonchev–Trinajstić information content (AvgIpc) is 3.62. The summed E-state index contributed by atoms with van der Waals surface area (Å²) in [5, 5.41) is 12.1. The molecule has 0 N–H and O–H groups in total. The van der Waals surface area contributed by atoms with Crippen molar-refractivity contribution in [3.63, 3.8) is 0 Å². The second-order valence-electron chi connectivity index (χ2n) is 8.16. The van der Waals surface area contributed by atoms with Crippen molar-refractivity contribution in [3.05, 3.63) is 100 Å². The van der Waals surface area contributed by atoms with Gasteiger partial charge in [0.2, 0.25) is 11.8 Å². The van der Waals surface area contributed by atoms with E-state index in [1.165, 1.54) is 0 Å². The first-order valence-electron chi connectivity index (χ1n) is 10.9. The fourth-order valence-corrected chi connectivity index (χ4v) is 5.39. The van der Waals surface area contributed by atoms with Crippen molar-refractivity contribution in [1.29, 1.82) is 0 Å². The van der Waals surface area contributed by atoms with Gasteiger partial charge in [-0.1, -0.05) is 29.8 Å². The van der Waals surface area contributed by atoms with E-state index in [-0.39, 0.29) is 5.92 Å². The molecule has 10 heteroatoms. The highest BCUT2D eigenvalue weighted by Crippen LogP contribution is 2.49. The number of fused-ring (bicyclic) bond motifs is 4. The minimum absolute atomic E-state index is 0.244. The highest BCUT2D eigenvalue weighted by Gasteiger charge is 2.38. The summed E-state index contributed by atoms with van der Waals surface area (Å²) >= 11 is 7.88. The molecule has 6 aromatic rings. The van der Waals surface area contributed by atoms with Gasteiger partial charge in [-0.05, 0) is 48.2 Å². The Morgan fingerprint density at radius 2 is 2.00 bits per heavy atom. The van der Waals surface area contributed by atoms with Crippen molar-refractivity contribution < 1.29 is 4.74 Å². The fourth-order valence-electron chi connectivity index (χ4n) is 4.55. The largest absolute Gasteiger partial charge is 0.420 e. The maximum absolute atomic E-state index is 6.43. The Morgan fingerprint density at radius 1 is 1.06 bits per heavy atom. The molecule has 0 saturated carbocycles. The van der Waals surface area contributed by atoms with E-state index in [1.807, 2.05) is 67.0 Å². The van der Waals surface area contributed by atoms with Crippen LogP contribution in [-0.4, -0.2) is 34.3 Å². The smallest absolute Gasteiger partial charge is 0.230 e. The summed E-state index contributed by atoms with van der Waals surface area (Å²) in [4.78, 5) is 14.9. The second kappa shape index (κ2) is 7.72. The van der Waals surface area contributed by atoms with E-state index in [2.05, 4.69) is 15.1 Å². The van der Waals surface area contributed by atoms with E-state index in [0.29, 0.717) is 28.3 Å².